The van der Waals surface area contributed by atoms with Crippen LogP contribution in [0.5, 0.6) is 0 Å². The van der Waals surface area contributed by atoms with Crippen LogP contribution >= 0.6 is 0 Å². The normalized spacial score (nSPS) is 23.5. The largest absolute Gasteiger partial charge is 0.450 e. The number of halogens is 3. The van der Waals surface area contributed by atoms with Crippen LogP contribution in [0, 0.1) is 0 Å². The molecule has 1 saturated heterocycles. The molecule has 0 N–H and O–H groups in total. The number of allylic oxidation sites excluding steroid dienone is 1. The number of hydrogen-bond donors (Lipinski definition) is 0. The van der Waals surface area contributed by atoms with Crippen LogP contribution in [0.25, 0.3) is 5.70 Å². The van der Waals surface area contributed by atoms with Crippen LogP contribution in [0.15, 0.2) is 30.3 Å². The Bertz CT molecular complexity index is 799. The average molecular weight is 380 g/mol. The zero-order valence-corrected chi connectivity index (χ0v) is 15.6. The van der Waals surface area contributed by atoms with Crippen molar-refractivity contribution in [2.24, 2.45) is 0 Å². The highest BCUT2D eigenvalue weighted by Gasteiger charge is 2.53. The molecule has 1 aromatic rings. The summed E-state index contributed by atoms with van der Waals surface area (Å²) in [5.41, 5.74) is 1.37. The molecule has 2 aliphatic heterocycles. The summed E-state index contributed by atoms with van der Waals surface area (Å²) in [5, 5.41) is 3.16. The first-order valence-electron chi connectivity index (χ1n) is 9.09. The van der Waals surface area contributed by atoms with E-state index in [1.54, 1.807) is 29.3 Å². The van der Waals surface area contributed by atoms with Crippen molar-refractivity contribution in [2.75, 3.05) is 0 Å². The summed E-state index contributed by atoms with van der Waals surface area (Å²) in [7, 11) is 0. The molecule has 27 heavy (non-hydrogen) atoms. The highest BCUT2D eigenvalue weighted by Crippen LogP contribution is 2.49. The predicted molar refractivity (Wildman–Crippen MR) is 95.1 cm³/mol. The Morgan fingerprint density at radius 1 is 1.30 bits per heavy atom. The van der Waals surface area contributed by atoms with Crippen molar-refractivity contribution < 1.29 is 22.8 Å². The number of carbonyl (C=O) groups is 2. The highest BCUT2D eigenvalue weighted by molar-refractivity contribution is 5.91. The van der Waals surface area contributed by atoms with E-state index in [9.17, 15) is 22.8 Å². The van der Waals surface area contributed by atoms with Gasteiger partial charge in [-0.3, -0.25) is 9.59 Å². The van der Waals surface area contributed by atoms with E-state index in [0.717, 1.165) is 12.8 Å². The fourth-order valence-electron chi connectivity index (χ4n) is 3.96. The van der Waals surface area contributed by atoms with Crippen molar-refractivity contribution in [3.05, 3.63) is 41.5 Å². The molecule has 1 amide bonds. The van der Waals surface area contributed by atoms with Gasteiger partial charge in [-0.2, -0.15) is 18.2 Å². The van der Waals surface area contributed by atoms with Gasteiger partial charge in [-0.1, -0.05) is 43.7 Å². The Morgan fingerprint density at radius 3 is 2.59 bits per heavy atom. The number of amides is 1. The van der Waals surface area contributed by atoms with E-state index >= 15 is 0 Å². The minimum Gasteiger partial charge on any atom is -0.290 e. The second-order valence-corrected chi connectivity index (χ2v) is 7.65. The number of ketones is 1. The Hall–Kier alpha value is -2.15. The minimum absolute atomic E-state index is 0.165. The molecule has 1 aromatic carbocycles. The maximum Gasteiger partial charge on any atom is 0.450 e. The summed E-state index contributed by atoms with van der Waals surface area (Å²) in [4.78, 5) is 24.6. The van der Waals surface area contributed by atoms with Gasteiger partial charge in [0.15, 0.2) is 0 Å². The van der Waals surface area contributed by atoms with Gasteiger partial charge in [-0.25, -0.2) is 5.01 Å². The van der Waals surface area contributed by atoms with E-state index in [4.69, 9.17) is 0 Å². The molecule has 1 fully saturated rings. The molecule has 0 radical (unpaired) electrons. The van der Waals surface area contributed by atoms with Crippen LogP contribution < -0.4 is 0 Å². The Labute approximate surface area is 156 Å². The summed E-state index contributed by atoms with van der Waals surface area (Å²) in [6.45, 7) is 5.66. The molecule has 146 valence electrons. The van der Waals surface area contributed by atoms with Gasteiger partial charge in [0.1, 0.15) is 0 Å². The number of Topliss-reactive ketones (excluding diaryl/α,β-unsaturated/α-hetero) is 1. The Balaban J connectivity index is 2.17. The molecule has 1 unspecified atom stereocenters. The van der Waals surface area contributed by atoms with Gasteiger partial charge in [0.05, 0.1) is 11.7 Å². The summed E-state index contributed by atoms with van der Waals surface area (Å²) in [5.74, 6) is -1.94. The second-order valence-electron chi connectivity index (χ2n) is 7.65. The molecule has 0 bridgehead atoms. The van der Waals surface area contributed by atoms with E-state index in [2.05, 4.69) is 0 Å². The summed E-state index contributed by atoms with van der Waals surface area (Å²) < 4.78 is 38.9. The van der Waals surface area contributed by atoms with E-state index in [0.29, 0.717) is 16.8 Å². The third kappa shape index (κ3) is 3.40. The number of alkyl halides is 3. The number of rotatable bonds is 4. The minimum atomic E-state index is -4.90. The van der Waals surface area contributed by atoms with Gasteiger partial charge in [-0.15, -0.1) is 0 Å². The monoisotopic (exact) mass is 380 g/mol. The third-order valence-electron chi connectivity index (χ3n) is 5.10. The van der Waals surface area contributed by atoms with Crippen LogP contribution in [-0.4, -0.2) is 33.4 Å². The van der Waals surface area contributed by atoms with E-state index in [1.165, 1.54) is 5.01 Å². The molecular formula is C20H23F3N2O2. The predicted octanol–water partition coefficient (Wildman–Crippen LogP) is 4.63. The fourth-order valence-corrected chi connectivity index (χ4v) is 3.96. The van der Waals surface area contributed by atoms with Gasteiger partial charge < -0.3 is 0 Å². The lowest BCUT2D eigenvalue weighted by atomic mass is 9.89. The Kier molecular flexibility index (Phi) is 4.93. The highest BCUT2D eigenvalue weighted by atomic mass is 19.4. The third-order valence-corrected chi connectivity index (χ3v) is 5.10. The van der Waals surface area contributed by atoms with Gasteiger partial charge in [-0.05, 0) is 25.8 Å². The summed E-state index contributed by atoms with van der Waals surface area (Å²) >= 11 is 0. The average Bonchev–Trinajstić information content (AvgIpc) is 2.82. The van der Waals surface area contributed by atoms with Crippen LogP contribution in [-0.2, 0) is 9.59 Å². The first-order chi connectivity index (χ1) is 12.6. The van der Waals surface area contributed by atoms with Crippen LogP contribution in [0.2, 0.25) is 0 Å². The quantitative estimate of drug-likeness (QED) is 0.765. The number of benzene rings is 1. The van der Waals surface area contributed by atoms with Gasteiger partial charge in [0.2, 0.25) is 11.7 Å². The zero-order valence-electron chi connectivity index (χ0n) is 15.6. The number of hydrazine groups is 1. The van der Waals surface area contributed by atoms with Crippen molar-refractivity contribution in [3.63, 3.8) is 0 Å². The van der Waals surface area contributed by atoms with Crippen molar-refractivity contribution in [1.29, 1.82) is 0 Å². The molecule has 7 heteroatoms. The lowest BCUT2D eigenvalue weighted by molar-refractivity contribution is -0.175. The molecular weight excluding hydrogens is 357 g/mol. The second kappa shape index (κ2) is 6.78. The van der Waals surface area contributed by atoms with Crippen molar-refractivity contribution in [3.8, 4) is 0 Å². The zero-order chi connectivity index (χ0) is 20.0. The van der Waals surface area contributed by atoms with Crippen LogP contribution in [0.4, 0.5) is 13.2 Å². The van der Waals surface area contributed by atoms with Gasteiger partial charge >= 0.3 is 6.18 Å². The molecule has 3 rings (SSSR count). The molecule has 0 saturated carbocycles. The molecule has 2 aliphatic rings. The molecule has 0 aromatic heterocycles. The first kappa shape index (κ1) is 19.6. The molecule has 0 aliphatic carbocycles. The summed E-state index contributed by atoms with van der Waals surface area (Å²) in [6.07, 6.45) is -1.85. The summed E-state index contributed by atoms with van der Waals surface area (Å²) in [6, 6.07) is 6.26. The molecule has 2 heterocycles. The van der Waals surface area contributed by atoms with Crippen molar-refractivity contribution >= 4 is 17.4 Å². The SMILES string of the molecule is CCC/C=C1/c2ccccc2C(CC(=O)C(F)(F)F)N2N1C(=O)CC2(C)C. The van der Waals surface area contributed by atoms with E-state index in [1.807, 2.05) is 26.8 Å². The van der Waals surface area contributed by atoms with Crippen molar-refractivity contribution in [2.45, 2.75) is 64.2 Å². The van der Waals surface area contributed by atoms with Gasteiger partial charge in [0.25, 0.3) is 0 Å². The topological polar surface area (TPSA) is 40.6 Å². The van der Waals surface area contributed by atoms with Gasteiger partial charge in [0, 0.05) is 23.9 Å². The molecule has 0 spiro atoms. The molecule has 4 nitrogen and oxygen atoms in total. The van der Waals surface area contributed by atoms with Crippen molar-refractivity contribution in [1.82, 2.24) is 10.0 Å². The smallest absolute Gasteiger partial charge is 0.290 e. The maximum absolute atomic E-state index is 13.0. The standard InChI is InChI=1S/C20H23F3N2O2/c1-4-5-10-15-13-8-6-7-9-14(13)16(11-17(26)20(21,22)23)25-19(2,3)12-18(27)24(15)25/h6-10,16H,4-5,11-12H2,1-3H3/b15-10-. The number of carbonyl (C=O) groups excluding carboxylic acids is 2. The molecule has 1 atom stereocenters. The maximum atomic E-state index is 13.0. The lowest BCUT2D eigenvalue weighted by Crippen LogP contribution is -2.52. The number of hydrogen-bond acceptors (Lipinski definition) is 3. The Morgan fingerprint density at radius 2 is 1.96 bits per heavy atom. The number of fused-ring (bicyclic) bond motifs is 2. The lowest BCUT2D eigenvalue weighted by Gasteiger charge is -2.47. The number of unbranched alkanes of at least 4 members (excludes halogenated alkanes) is 1. The van der Waals surface area contributed by atoms with Crippen LogP contribution in [0.3, 0.4) is 0 Å². The van der Waals surface area contributed by atoms with E-state index in [-0.39, 0.29) is 12.3 Å². The van der Waals surface area contributed by atoms with Crippen LogP contribution in [0.1, 0.15) is 63.6 Å². The van der Waals surface area contributed by atoms with E-state index < -0.39 is 30.0 Å². The fraction of sp³-hybridized carbons (Fsp3) is 0.500. The number of nitrogens with zero attached hydrogens (tertiary/aromatic N) is 2. The first-order valence-corrected chi connectivity index (χ1v) is 9.09.